The standard InChI is InChI=1S/C14H18N4O3/c19-14(12-3-1-2-4-13(12)18(20)21)15-9-11-10-16-5-7-17(11)8-6-16/h1-4,11H,5-10H2,(H,15,19). The van der Waals surface area contributed by atoms with E-state index in [2.05, 4.69) is 15.1 Å². The van der Waals surface area contributed by atoms with Gasteiger partial charge in [0.05, 0.1) is 4.92 Å². The zero-order valence-corrected chi connectivity index (χ0v) is 11.7. The van der Waals surface area contributed by atoms with Crippen molar-refractivity contribution in [2.75, 3.05) is 39.3 Å². The van der Waals surface area contributed by atoms with Crippen molar-refractivity contribution in [1.29, 1.82) is 0 Å². The number of benzene rings is 1. The Balaban J connectivity index is 1.63. The predicted molar refractivity (Wildman–Crippen MR) is 77.2 cm³/mol. The molecule has 0 spiro atoms. The van der Waals surface area contributed by atoms with Crippen LogP contribution in [0, 0.1) is 10.1 Å². The van der Waals surface area contributed by atoms with Gasteiger partial charge in [-0.15, -0.1) is 0 Å². The first kappa shape index (κ1) is 14.0. The van der Waals surface area contributed by atoms with Gasteiger partial charge in [0.2, 0.25) is 0 Å². The summed E-state index contributed by atoms with van der Waals surface area (Å²) >= 11 is 0. The third-order valence-electron chi connectivity index (χ3n) is 4.24. The Hall–Kier alpha value is -1.99. The number of nitro groups is 1. The van der Waals surface area contributed by atoms with E-state index in [1.54, 1.807) is 12.1 Å². The molecule has 0 radical (unpaired) electrons. The van der Waals surface area contributed by atoms with E-state index in [-0.39, 0.29) is 17.2 Å². The summed E-state index contributed by atoms with van der Waals surface area (Å²) in [6.07, 6.45) is 0. The average Bonchev–Trinajstić information content (AvgIpc) is 2.53. The molecule has 2 bridgehead atoms. The summed E-state index contributed by atoms with van der Waals surface area (Å²) < 4.78 is 0. The van der Waals surface area contributed by atoms with Gasteiger partial charge in [-0.25, -0.2) is 0 Å². The van der Waals surface area contributed by atoms with Gasteiger partial charge in [0.1, 0.15) is 5.56 Å². The lowest BCUT2D eigenvalue weighted by Gasteiger charge is -2.47. The third kappa shape index (κ3) is 2.88. The Labute approximate surface area is 122 Å². The number of rotatable bonds is 4. The molecule has 7 heteroatoms. The molecule has 3 aliphatic heterocycles. The number of carbonyl (C=O) groups is 1. The quantitative estimate of drug-likeness (QED) is 0.638. The minimum atomic E-state index is -0.521. The third-order valence-corrected chi connectivity index (χ3v) is 4.24. The van der Waals surface area contributed by atoms with Crippen LogP contribution >= 0.6 is 0 Å². The van der Waals surface area contributed by atoms with Crippen LogP contribution in [0.1, 0.15) is 10.4 Å². The number of carbonyl (C=O) groups excluding carboxylic acids is 1. The van der Waals surface area contributed by atoms with Gasteiger partial charge in [-0.05, 0) is 6.07 Å². The van der Waals surface area contributed by atoms with E-state index in [0.717, 1.165) is 32.7 Å². The second-order valence-electron chi connectivity index (χ2n) is 5.47. The predicted octanol–water partition coefficient (Wildman–Crippen LogP) is 0.324. The van der Waals surface area contributed by atoms with Gasteiger partial charge in [-0.1, -0.05) is 12.1 Å². The fourth-order valence-corrected chi connectivity index (χ4v) is 3.05. The molecular formula is C14H18N4O3. The second kappa shape index (κ2) is 5.79. The Morgan fingerprint density at radius 2 is 2.00 bits per heavy atom. The highest BCUT2D eigenvalue weighted by Crippen LogP contribution is 2.18. The fraction of sp³-hybridized carbons (Fsp3) is 0.500. The highest BCUT2D eigenvalue weighted by Gasteiger charge is 2.32. The van der Waals surface area contributed by atoms with Crippen LogP contribution in [-0.2, 0) is 0 Å². The molecule has 1 atom stereocenters. The Kier molecular flexibility index (Phi) is 3.85. The van der Waals surface area contributed by atoms with Crippen molar-refractivity contribution in [1.82, 2.24) is 15.1 Å². The minimum Gasteiger partial charge on any atom is -0.350 e. The normalized spacial score (nSPS) is 27.3. The second-order valence-corrected chi connectivity index (χ2v) is 5.47. The van der Waals surface area contributed by atoms with Gasteiger partial charge in [0.25, 0.3) is 11.6 Å². The first-order valence-corrected chi connectivity index (χ1v) is 7.13. The Morgan fingerprint density at radius 3 is 2.62 bits per heavy atom. The van der Waals surface area contributed by atoms with E-state index in [9.17, 15) is 14.9 Å². The Bertz CT molecular complexity index is 555. The van der Waals surface area contributed by atoms with Crippen molar-refractivity contribution in [2.24, 2.45) is 0 Å². The smallest absolute Gasteiger partial charge is 0.282 e. The lowest BCUT2D eigenvalue weighted by atomic mass is 10.1. The van der Waals surface area contributed by atoms with E-state index in [1.165, 1.54) is 12.1 Å². The molecule has 3 saturated heterocycles. The first-order chi connectivity index (χ1) is 10.1. The zero-order chi connectivity index (χ0) is 14.8. The molecule has 21 heavy (non-hydrogen) atoms. The topological polar surface area (TPSA) is 78.7 Å². The molecule has 1 aromatic rings. The van der Waals surface area contributed by atoms with Crippen LogP contribution in [0.15, 0.2) is 24.3 Å². The monoisotopic (exact) mass is 290 g/mol. The first-order valence-electron chi connectivity index (χ1n) is 7.13. The minimum absolute atomic E-state index is 0.124. The van der Waals surface area contributed by atoms with Crippen LogP contribution in [0.5, 0.6) is 0 Å². The van der Waals surface area contributed by atoms with Crippen molar-refractivity contribution in [3.8, 4) is 0 Å². The van der Waals surface area contributed by atoms with Crippen molar-refractivity contribution in [3.05, 3.63) is 39.9 Å². The molecule has 3 aliphatic rings. The lowest BCUT2D eigenvalue weighted by molar-refractivity contribution is -0.385. The number of piperazine rings is 3. The van der Waals surface area contributed by atoms with Gasteiger partial charge in [0.15, 0.2) is 0 Å². The number of hydrogen-bond donors (Lipinski definition) is 1. The van der Waals surface area contributed by atoms with E-state index in [0.29, 0.717) is 12.6 Å². The maximum Gasteiger partial charge on any atom is 0.282 e. The number of hydrogen-bond acceptors (Lipinski definition) is 5. The van der Waals surface area contributed by atoms with Crippen molar-refractivity contribution >= 4 is 11.6 Å². The number of nitrogens with one attached hydrogen (secondary N) is 1. The van der Waals surface area contributed by atoms with E-state index in [1.807, 2.05) is 0 Å². The van der Waals surface area contributed by atoms with Crippen LogP contribution in [0.25, 0.3) is 0 Å². The van der Waals surface area contributed by atoms with Gasteiger partial charge in [0, 0.05) is 51.4 Å². The van der Waals surface area contributed by atoms with Crippen LogP contribution in [0.4, 0.5) is 5.69 Å². The van der Waals surface area contributed by atoms with E-state index < -0.39 is 4.92 Å². The molecule has 4 rings (SSSR count). The summed E-state index contributed by atoms with van der Waals surface area (Å²) in [5.41, 5.74) is -0.0250. The molecule has 1 amide bonds. The summed E-state index contributed by atoms with van der Waals surface area (Å²) in [7, 11) is 0. The van der Waals surface area contributed by atoms with Crippen molar-refractivity contribution < 1.29 is 9.72 Å². The maximum absolute atomic E-state index is 12.2. The van der Waals surface area contributed by atoms with Crippen molar-refractivity contribution in [2.45, 2.75) is 6.04 Å². The summed E-state index contributed by atoms with van der Waals surface area (Å²) in [4.78, 5) is 27.4. The molecule has 3 heterocycles. The molecule has 0 aromatic heterocycles. The molecule has 1 unspecified atom stereocenters. The van der Waals surface area contributed by atoms with Crippen LogP contribution < -0.4 is 5.32 Å². The number of fused-ring (bicyclic) bond motifs is 3. The van der Waals surface area contributed by atoms with Gasteiger partial charge < -0.3 is 5.32 Å². The largest absolute Gasteiger partial charge is 0.350 e. The number of para-hydroxylation sites is 1. The summed E-state index contributed by atoms with van der Waals surface area (Å²) in [5, 5.41) is 13.8. The fourth-order valence-electron chi connectivity index (χ4n) is 3.05. The summed E-state index contributed by atoms with van der Waals surface area (Å²) in [6, 6.07) is 6.35. The SMILES string of the molecule is O=C(NCC1CN2CCN1CC2)c1ccccc1[N+](=O)[O-]. The van der Waals surface area contributed by atoms with Crippen LogP contribution in [0.2, 0.25) is 0 Å². The maximum atomic E-state index is 12.2. The lowest BCUT2D eigenvalue weighted by Crippen LogP contribution is -2.63. The molecule has 1 aromatic carbocycles. The molecule has 112 valence electrons. The van der Waals surface area contributed by atoms with Crippen LogP contribution in [0.3, 0.4) is 0 Å². The average molecular weight is 290 g/mol. The van der Waals surface area contributed by atoms with E-state index >= 15 is 0 Å². The Morgan fingerprint density at radius 1 is 1.29 bits per heavy atom. The highest BCUT2D eigenvalue weighted by molar-refractivity contribution is 5.98. The molecule has 7 nitrogen and oxygen atoms in total. The molecular weight excluding hydrogens is 272 g/mol. The van der Waals surface area contributed by atoms with Gasteiger partial charge in [-0.3, -0.25) is 24.7 Å². The summed E-state index contributed by atoms with van der Waals surface area (Å²) in [6.45, 7) is 5.74. The highest BCUT2D eigenvalue weighted by atomic mass is 16.6. The zero-order valence-electron chi connectivity index (χ0n) is 11.7. The van der Waals surface area contributed by atoms with Crippen molar-refractivity contribution in [3.63, 3.8) is 0 Å². The van der Waals surface area contributed by atoms with Crippen LogP contribution in [-0.4, -0.2) is 65.9 Å². The summed E-state index contributed by atoms with van der Waals surface area (Å²) in [5.74, 6) is -0.375. The van der Waals surface area contributed by atoms with E-state index in [4.69, 9.17) is 0 Å². The van der Waals surface area contributed by atoms with Gasteiger partial charge in [-0.2, -0.15) is 0 Å². The number of nitro benzene ring substituents is 1. The molecule has 0 saturated carbocycles. The van der Waals surface area contributed by atoms with Gasteiger partial charge >= 0.3 is 0 Å². The molecule has 3 fully saturated rings. The number of nitrogens with zero attached hydrogens (tertiary/aromatic N) is 3. The molecule has 1 N–H and O–H groups in total. The number of amides is 1. The molecule has 0 aliphatic carbocycles.